The van der Waals surface area contributed by atoms with Crippen LogP contribution >= 0.6 is 12.4 Å². The van der Waals surface area contributed by atoms with E-state index in [2.05, 4.69) is 5.32 Å². The first-order chi connectivity index (χ1) is 9.45. The van der Waals surface area contributed by atoms with Crippen LogP contribution in [0.25, 0.3) is 0 Å². The Labute approximate surface area is 134 Å². The number of piperidine rings is 1. The molecule has 6 heteroatoms. The fourth-order valence-corrected chi connectivity index (χ4v) is 4.55. The van der Waals surface area contributed by atoms with Gasteiger partial charge in [0.1, 0.15) is 0 Å². The van der Waals surface area contributed by atoms with Gasteiger partial charge in [0.25, 0.3) is 0 Å². The maximum absolute atomic E-state index is 12.7. The van der Waals surface area contributed by atoms with E-state index in [9.17, 15) is 8.42 Å². The second kappa shape index (κ2) is 7.58. The van der Waals surface area contributed by atoms with Crippen molar-refractivity contribution in [2.24, 2.45) is 5.92 Å². The Morgan fingerprint density at radius 3 is 2.38 bits per heavy atom. The summed E-state index contributed by atoms with van der Waals surface area (Å²) >= 11 is 0. The van der Waals surface area contributed by atoms with Crippen molar-refractivity contribution < 1.29 is 8.42 Å². The molecule has 0 aliphatic carbocycles. The molecule has 0 radical (unpaired) electrons. The van der Waals surface area contributed by atoms with E-state index >= 15 is 0 Å². The molecule has 0 unspecified atom stereocenters. The van der Waals surface area contributed by atoms with Crippen LogP contribution in [0.3, 0.4) is 0 Å². The quantitative estimate of drug-likeness (QED) is 0.920. The molecule has 21 heavy (non-hydrogen) atoms. The Balaban J connectivity index is 0.00000220. The van der Waals surface area contributed by atoms with E-state index in [4.69, 9.17) is 0 Å². The number of hydrogen-bond acceptors (Lipinski definition) is 3. The van der Waals surface area contributed by atoms with Gasteiger partial charge in [0.15, 0.2) is 0 Å². The molecule has 0 aromatic heterocycles. The Hall–Kier alpha value is -0.620. The van der Waals surface area contributed by atoms with Crippen molar-refractivity contribution in [3.05, 3.63) is 29.3 Å². The fraction of sp³-hybridized carbons (Fsp3) is 0.600. The lowest BCUT2D eigenvalue weighted by molar-refractivity contribution is 0.270. The molecule has 0 bridgehead atoms. The number of rotatable bonds is 4. The number of sulfonamides is 1. The predicted molar refractivity (Wildman–Crippen MR) is 88.6 cm³/mol. The molecule has 120 valence electrons. The molecular formula is C15H25ClN2O2S. The molecule has 1 aromatic carbocycles. The minimum Gasteiger partial charge on any atom is -0.319 e. The number of halogens is 1. The summed E-state index contributed by atoms with van der Waals surface area (Å²) in [6, 6.07) is 5.54. The maximum atomic E-state index is 12.7. The molecule has 0 atom stereocenters. The summed E-state index contributed by atoms with van der Waals surface area (Å²) in [6.07, 6.45) is 1.87. The highest BCUT2D eigenvalue weighted by Crippen LogP contribution is 2.25. The first kappa shape index (κ1) is 18.4. The Bertz CT molecular complexity index is 567. The van der Waals surface area contributed by atoms with Gasteiger partial charge in [-0.25, -0.2) is 8.42 Å². The molecule has 0 saturated carbocycles. The molecular weight excluding hydrogens is 308 g/mol. The highest BCUT2D eigenvalue weighted by molar-refractivity contribution is 7.89. The Morgan fingerprint density at radius 2 is 1.86 bits per heavy atom. The van der Waals surface area contributed by atoms with Crippen LogP contribution in [0.15, 0.2) is 23.1 Å². The molecule has 1 saturated heterocycles. The third-order valence-corrected chi connectivity index (χ3v) is 6.07. The number of nitrogens with one attached hydrogen (secondary N) is 1. The minimum atomic E-state index is -3.33. The highest BCUT2D eigenvalue weighted by atomic mass is 35.5. The van der Waals surface area contributed by atoms with E-state index < -0.39 is 10.0 Å². The third kappa shape index (κ3) is 4.19. The van der Waals surface area contributed by atoms with Gasteiger partial charge in [-0.2, -0.15) is 4.31 Å². The summed E-state index contributed by atoms with van der Waals surface area (Å²) in [5.41, 5.74) is 1.93. The lowest BCUT2D eigenvalue weighted by atomic mass is 9.98. The summed E-state index contributed by atoms with van der Waals surface area (Å²) in [4.78, 5) is 0.454. The molecule has 0 amide bonds. The number of nitrogens with zero attached hydrogens (tertiary/aromatic N) is 1. The highest BCUT2D eigenvalue weighted by Gasteiger charge is 2.29. The van der Waals surface area contributed by atoms with Gasteiger partial charge in [0.2, 0.25) is 10.0 Å². The van der Waals surface area contributed by atoms with Gasteiger partial charge in [0, 0.05) is 13.1 Å². The van der Waals surface area contributed by atoms with Crippen LogP contribution in [0.2, 0.25) is 0 Å². The van der Waals surface area contributed by atoms with Gasteiger partial charge in [0.05, 0.1) is 4.90 Å². The standard InChI is InChI=1S/C15H24N2O2S.ClH/c1-12-4-5-15(13(2)10-12)20(18,19)17-8-6-14(7-9-17)11-16-3;/h4-5,10,14,16H,6-9,11H2,1-3H3;1H. The summed E-state index contributed by atoms with van der Waals surface area (Å²) < 4.78 is 27.0. The van der Waals surface area contributed by atoms with Crippen LogP contribution in [0.1, 0.15) is 24.0 Å². The van der Waals surface area contributed by atoms with Gasteiger partial charge in [-0.05, 0) is 57.8 Å². The van der Waals surface area contributed by atoms with Gasteiger partial charge < -0.3 is 5.32 Å². The van der Waals surface area contributed by atoms with Crippen LogP contribution in [0, 0.1) is 19.8 Å². The number of aryl methyl sites for hydroxylation is 2. The second-order valence-corrected chi connectivity index (χ2v) is 7.58. The molecule has 0 spiro atoms. The lowest BCUT2D eigenvalue weighted by Gasteiger charge is -2.31. The fourth-order valence-electron chi connectivity index (χ4n) is 2.87. The van der Waals surface area contributed by atoms with Crippen LogP contribution in [0.5, 0.6) is 0 Å². The molecule has 1 N–H and O–H groups in total. The monoisotopic (exact) mass is 332 g/mol. The van der Waals surface area contributed by atoms with Crippen molar-refractivity contribution in [2.75, 3.05) is 26.7 Å². The average Bonchev–Trinajstić information content (AvgIpc) is 2.39. The van der Waals surface area contributed by atoms with Crippen LogP contribution in [-0.4, -0.2) is 39.4 Å². The van der Waals surface area contributed by atoms with E-state index in [1.54, 1.807) is 10.4 Å². The van der Waals surface area contributed by atoms with E-state index in [0.717, 1.165) is 30.5 Å². The SMILES string of the molecule is CNCC1CCN(S(=O)(=O)c2ccc(C)cc2C)CC1.Cl. The Morgan fingerprint density at radius 1 is 1.24 bits per heavy atom. The first-order valence-electron chi connectivity index (χ1n) is 7.17. The largest absolute Gasteiger partial charge is 0.319 e. The topological polar surface area (TPSA) is 49.4 Å². The van der Waals surface area contributed by atoms with Gasteiger partial charge in [-0.15, -0.1) is 12.4 Å². The lowest BCUT2D eigenvalue weighted by Crippen LogP contribution is -2.40. The number of benzene rings is 1. The zero-order valence-electron chi connectivity index (χ0n) is 12.9. The van der Waals surface area contributed by atoms with Crippen molar-refractivity contribution in [1.29, 1.82) is 0 Å². The summed E-state index contributed by atoms with van der Waals surface area (Å²) in [5.74, 6) is 0.588. The van der Waals surface area contributed by atoms with Gasteiger partial charge in [-0.3, -0.25) is 0 Å². The van der Waals surface area contributed by atoms with Crippen molar-refractivity contribution >= 4 is 22.4 Å². The molecule has 1 aliphatic rings. The van der Waals surface area contributed by atoms with Crippen molar-refractivity contribution in [3.63, 3.8) is 0 Å². The molecule has 1 aliphatic heterocycles. The van der Waals surface area contributed by atoms with Crippen LogP contribution in [-0.2, 0) is 10.0 Å². The molecule has 2 rings (SSSR count). The zero-order chi connectivity index (χ0) is 14.8. The van der Waals surface area contributed by atoms with E-state index in [0.29, 0.717) is 23.9 Å². The van der Waals surface area contributed by atoms with Crippen LogP contribution < -0.4 is 5.32 Å². The van der Waals surface area contributed by atoms with Crippen molar-refractivity contribution in [3.8, 4) is 0 Å². The first-order valence-corrected chi connectivity index (χ1v) is 8.61. The molecule has 1 aromatic rings. The van der Waals surface area contributed by atoms with Crippen molar-refractivity contribution in [1.82, 2.24) is 9.62 Å². The summed E-state index contributed by atoms with van der Waals surface area (Å²) in [5, 5.41) is 3.17. The minimum absolute atomic E-state index is 0. The van der Waals surface area contributed by atoms with Gasteiger partial charge >= 0.3 is 0 Å². The molecule has 1 heterocycles. The summed E-state index contributed by atoms with van der Waals surface area (Å²) in [7, 11) is -1.39. The molecule has 1 fully saturated rings. The zero-order valence-corrected chi connectivity index (χ0v) is 14.6. The van der Waals surface area contributed by atoms with Gasteiger partial charge in [-0.1, -0.05) is 17.7 Å². The van der Waals surface area contributed by atoms with E-state index in [-0.39, 0.29) is 12.4 Å². The molecule has 4 nitrogen and oxygen atoms in total. The smallest absolute Gasteiger partial charge is 0.243 e. The van der Waals surface area contributed by atoms with Crippen LogP contribution in [0.4, 0.5) is 0 Å². The Kier molecular flexibility index (Phi) is 6.66. The predicted octanol–water partition coefficient (Wildman–Crippen LogP) is 2.35. The second-order valence-electron chi connectivity index (χ2n) is 5.67. The number of hydrogen-bond donors (Lipinski definition) is 1. The average molecular weight is 333 g/mol. The van der Waals surface area contributed by atoms with E-state index in [1.807, 2.05) is 33.0 Å². The summed E-state index contributed by atoms with van der Waals surface area (Å²) in [6.45, 7) is 6.07. The maximum Gasteiger partial charge on any atom is 0.243 e. The van der Waals surface area contributed by atoms with E-state index in [1.165, 1.54) is 0 Å². The normalized spacial score (nSPS) is 17.5. The third-order valence-electron chi connectivity index (χ3n) is 4.01. The van der Waals surface area contributed by atoms with Crippen molar-refractivity contribution in [2.45, 2.75) is 31.6 Å².